The Morgan fingerprint density at radius 3 is 2.58 bits per heavy atom. The van der Waals surface area contributed by atoms with E-state index in [4.69, 9.17) is 0 Å². The van der Waals surface area contributed by atoms with Crippen LogP contribution in [0.2, 0.25) is 0 Å². The van der Waals surface area contributed by atoms with Crippen LogP contribution in [0, 0.1) is 6.92 Å². The van der Waals surface area contributed by atoms with Gasteiger partial charge in [0.1, 0.15) is 18.2 Å². The summed E-state index contributed by atoms with van der Waals surface area (Å²) in [7, 11) is -3.68. The molecule has 0 fully saturated rings. The topological polar surface area (TPSA) is 77.7 Å². The first kappa shape index (κ1) is 11.8. The van der Waals surface area contributed by atoms with Gasteiger partial charge in [-0.25, -0.2) is 27.3 Å². The summed E-state index contributed by atoms with van der Waals surface area (Å²) in [4.78, 5) is 12.0. The second-order valence-electron chi connectivity index (χ2n) is 4.09. The smallest absolute Gasteiger partial charge is 0.242 e. The van der Waals surface area contributed by atoms with Crippen molar-refractivity contribution in [3.05, 3.63) is 48.7 Å². The van der Waals surface area contributed by atoms with Crippen molar-refractivity contribution >= 4 is 21.2 Å². The molecule has 0 bridgehead atoms. The minimum absolute atomic E-state index is 0.205. The Morgan fingerprint density at radius 1 is 1.11 bits per heavy atom. The van der Waals surface area contributed by atoms with Gasteiger partial charge in [0.2, 0.25) is 0 Å². The fourth-order valence-corrected chi connectivity index (χ4v) is 2.99. The highest BCUT2D eigenvalue weighted by atomic mass is 32.2. The van der Waals surface area contributed by atoms with Gasteiger partial charge in [-0.15, -0.1) is 0 Å². The second-order valence-corrected chi connectivity index (χ2v) is 5.91. The molecule has 0 atom stereocenters. The average Bonchev–Trinajstić information content (AvgIpc) is 2.83. The summed E-state index contributed by atoms with van der Waals surface area (Å²) in [5, 5.41) is 0. The summed E-state index contributed by atoms with van der Waals surface area (Å²) in [5.74, 6) is 0. The molecule has 3 rings (SSSR count). The highest BCUT2D eigenvalue weighted by molar-refractivity contribution is 7.90. The van der Waals surface area contributed by atoms with E-state index in [1.165, 1.54) is 18.9 Å². The Labute approximate surface area is 109 Å². The summed E-state index contributed by atoms with van der Waals surface area (Å²) in [5.41, 5.74) is 1.71. The molecule has 0 N–H and O–H groups in total. The van der Waals surface area contributed by atoms with Crippen molar-refractivity contribution < 1.29 is 8.42 Å². The van der Waals surface area contributed by atoms with Gasteiger partial charge in [-0.3, -0.25) is 0 Å². The number of benzene rings is 1. The Kier molecular flexibility index (Phi) is 2.56. The Hall–Kier alpha value is -2.28. The molecule has 96 valence electrons. The van der Waals surface area contributed by atoms with Crippen LogP contribution in [0.25, 0.3) is 11.2 Å². The summed E-state index contributed by atoms with van der Waals surface area (Å²) < 4.78 is 26.0. The highest BCUT2D eigenvalue weighted by Gasteiger charge is 2.20. The van der Waals surface area contributed by atoms with E-state index >= 15 is 0 Å². The molecule has 2 aromatic heterocycles. The van der Waals surface area contributed by atoms with Crippen molar-refractivity contribution in [3.63, 3.8) is 0 Å². The van der Waals surface area contributed by atoms with E-state index in [-0.39, 0.29) is 10.5 Å². The molecule has 7 heteroatoms. The summed E-state index contributed by atoms with van der Waals surface area (Å²) in [6, 6.07) is 6.64. The molecular formula is C12H10N4O2S. The van der Waals surface area contributed by atoms with E-state index in [0.717, 1.165) is 9.54 Å². The summed E-state index contributed by atoms with van der Waals surface area (Å²) in [6.45, 7) is 1.90. The molecular weight excluding hydrogens is 264 g/mol. The van der Waals surface area contributed by atoms with Crippen molar-refractivity contribution in [2.45, 2.75) is 11.8 Å². The van der Waals surface area contributed by atoms with Gasteiger partial charge in [0.15, 0.2) is 5.65 Å². The van der Waals surface area contributed by atoms with Gasteiger partial charge in [-0.2, -0.15) is 0 Å². The Balaban J connectivity index is 2.22. The number of rotatable bonds is 2. The second kappa shape index (κ2) is 4.13. The van der Waals surface area contributed by atoms with Gasteiger partial charge in [0.05, 0.1) is 11.1 Å². The number of fused-ring (bicyclic) bond motifs is 1. The average molecular weight is 274 g/mol. The van der Waals surface area contributed by atoms with Crippen LogP contribution in [0.5, 0.6) is 0 Å². The molecule has 1 aromatic carbocycles. The quantitative estimate of drug-likeness (QED) is 0.705. The third-order valence-electron chi connectivity index (χ3n) is 2.76. The van der Waals surface area contributed by atoms with E-state index in [1.807, 2.05) is 6.92 Å². The van der Waals surface area contributed by atoms with E-state index in [0.29, 0.717) is 5.52 Å². The molecule has 0 aliphatic rings. The maximum Gasteiger partial charge on any atom is 0.270 e. The molecule has 0 unspecified atom stereocenters. The Morgan fingerprint density at radius 2 is 1.84 bits per heavy atom. The number of aromatic nitrogens is 4. The molecule has 0 amide bonds. The molecule has 2 heterocycles. The van der Waals surface area contributed by atoms with Gasteiger partial charge in [0.25, 0.3) is 10.0 Å². The zero-order valence-electron chi connectivity index (χ0n) is 10.1. The molecule has 19 heavy (non-hydrogen) atoms. The molecule has 0 saturated carbocycles. The van der Waals surface area contributed by atoms with Crippen molar-refractivity contribution in [1.29, 1.82) is 0 Å². The lowest BCUT2D eigenvalue weighted by atomic mass is 10.2. The van der Waals surface area contributed by atoms with E-state index in [9.17, 15) is 8.42 Å². The fraction of sp³-hybridized carbons (Fsp3) is 0.0833. The standard InChI is InChI=1S/C12H10N4O2S/c1-9-2-4-10(5-3-9)19(17,18)16-8-15-11-6-13-7-14-12(11)16/h2-8H,1H3. The van der Waals surface area contributed by atoms with Crippen LogP contribution in [0.3, 0.4) is 0 Å². The van der Waals surface area contributed by atoms with Gasteiger partial charge in [0, 0.05) is 0 Å². The maximum atomic E-state index is 12.5. The molecule has 0 aliphatic heterocycles. The number of hydrogen-bond donors (Lipinski definition) is 0. The molecule has 3 aromatic rings. The predicted octanol–water partition coefficient (Wildman–Crippen LogP) is 1.37. The van der Waals surface area contributed by atoms with E-state index < -0.39 is 10.0 Å². The van der Waals surface area contributed by atoms with Crippen molar-refractivity contribution in [2.75, 3.05) is 0 Å². The fourth-order valence-electron chi connectivity index (χ4n) is 1.75. The molecule has 0 saturated heterocycles. The SMILES string of the molecule is Cc1ccc(S(=O)(=O)n2cnc3cncnc32)cc1. The van der Waals surface area contributed by atoms with Crippen LogP contribution in [-0.4, -0.2) is 27.3 Å². The van der Waals surface area contributed by atoms with Crippen LogP contribution in [0.4, 0.5) is 0 Å². The molecule has 0 radical (unpaired) electrons. The summed E-state index contributed by atoms with van der Waals surface area (Å²) >= 11 is 0. The number of hydrogen-bond acceptors (Lipinski definition) is 5. The molecule has 0 aliphatic carbocycles. The van der Waals surface area contributed by atoms with Gasteiger partial charge in [-0.1, -0.05) is 17.7 Å². The molecule has 6 nitrogen and oxygen atoms in total. The van der Waals surface area contributed by atoms with Gasteiger partial charge >= 0.3 is 0 Å². The van der Waals surface area contributed by atoms with Crippen LogP contribution >= 0.6 is 0 Å². The largest absolute Gasteiger partial charge is 0.270 e. The zero-order chi connectivity index (χ0) is 13.5. The van der Waals surface area contributed by atoms with E-state index in [1.54, 1.807) is 24.3 Å². The lowest BCUT2D eigenvalue weighted by Crippen LogP contribution is -2.12. The highest BCUT2D eigenvalue weighted by Crippen LogP contribution is 2.18. The lowest BCUT2D eigenvalue weighted by molar-refractivity contribution is 0.588. The Bertz CT molecular complexity index is 838. The third kappa shape index (κ3) is 1.88. The first-order chi connectivity index (χ1) is 9.09. The monoisotopic (exact) mass is 274 g/mol. The first-order valence-corrected chi connectivity index (χ1v) is 6.98. The minimum Gasteiger partial charge on any atom is -0.242 e. The van der Waals surface area contributed by atoms with Crippen molar-refractivity contribution in [2.24, 2.45) is 0 Å². The predicted molar refractivity (Wildman–Crippen MR) is 69.1 cm³/mol. The van der Waals surface area contributed by atoms with Gasteiger partial charge < -0.3 is 0 Å². The van der Waals surface area contributed by atoms with Crippen LogP contribution < -0.4 is 0 Å². The lowest BCUT2D eigenvalue weighted by Gasteiger charge is -2.05. The number of aryl methyl sites for hydroxylation is 1. The maximum absolute atomic E-state index is 12.5. The van der Waals surface area contributed by atoms with Crippen molar-refractivity contribution in [3.8, 4) is 0 Å². The zero-order valence-corrected chi connectivity index (χ0v) is 10.9. The van der Waals surface area contributed by atoms with E-state index in [2.05, 4.69) is 15.0 Å². The molecule has 0 spiro atoms. The van der Waals surface area contributed by atoms with Crippen molar-refractivity contribution in [1.82, 2.24) is 18.9 Å². The van der Waals surface area contributed by atoms with Crippen LogP contribution in [-0.2, 0) is 10.0 Å². The van der Waals surface area contributed by atoms with Crippen LogP contribution in [0.1, 0.15) is 5.56 Å². The normalized spacial score (nSPS) is 11.8. The van der Waals surface area contributed by atoms with Gasteiger partial charge in [-0.05, 0) is 19.1 Å². The van der Waals surface area contributed by atoms with Crippen LogP contribution in [0.15, 0.2) is 48.0 Å². The number of nitrogens with zero attached hydrogens (tertiary/aromatic N) is 4. The minimum atomic E-state index is -3.68. The third-order valence-corrected chi connectivity index (χ3v) is 4.41. The summed E-state index contributed by atoms with van der Waals surface area (Å²) in [6.07, 6.45) is 4.02. The first-order valence-electron chi connectivity index (χ1n) is 5.54. The number of imidazole rings is 1.